The summed E-state index contributed by atoms with van der Waals surface area (Å²) in [6, 6.07) is -0.532. The molecule has 0 heterocycles. The van der Waals surface area contributed by atoms with Gasteiger partial charge in [-0.2, -0.15) is 0 Å². The molecule has 2 amide bonds. The number of rotatable bonds is 4. The third-order valence-electron chi connectivity index (χ3n) is 5.60. The monoisotopic (exact) mass is 278 g/mol. The number of hydrogen-bond donors (Lipinski definition) is 2. The van der Waals surface area contributed by atoms with E-state index in [4.69, 9.17) is 0 Å². The van der Waals surface area contributed by atoms with Crippen molar-refractivity contribution in [2.45, 2.75) is 70.4 Å². The van der Waals surface area contributed by atoms with Gasteiger partial charge >= 0.3 is 6.03 Å². The SMILES string of the molecule is CCC(=O)C(C)NC(=O)NC12CC3CC(CC(C3)C1)C2. The molecule has 2 N–H and O–H groups in total. The Morgan fingerprint density at radius 3 is 2.05 bits per heavy atom. The van der Waals surface area contributed by atoms with E-state index in [1.54, 1.807) is 6.92 Å². The summed E-state index contributed by atoms with van der Waals surface area (Å²) in [7, 11) is 0. The summed E-state index contributed by atoms with van der Waals surface area (Å²) in [4.78, 5) is 23.8. The Morgan fingerprint density at radius 1 is 1.10 bits per heavy atom. The molecule has 4 aliphatic carbocycles. The van der Waals surface area contributed by atoms with Crippen molar-refractivity contribution in [2.24, 2.45) is 17.8 Å². The highest BCUT2D eigenvalue weighted by atomic mass is 16.2. The van der Waals surface area contributed by atoms with Gasteiger partial charge in [-0.15, -0.1) is 0 Å². The molecule has 4 saturated carbocycles. The number of amides is 2. The summed E-state index contributed by atoms with van der Waals surface area (Å²) >= 11 is 0. The number of ketones is 1. The summed E-state index contributed by atoms with van der Waals surface area (Å²) in [6.07, 6.45) is 8.00. The zero-order valence-electron chi connectivity index (χ0n) is 12.6. The van der Waals surface area contributed by atoms with Gasteiger partial charge in [-0.25, -0.2) is 4.79 Å². The molecule has 4 aliphatic rings. The van der Waals surface area contributed by atoms with E-state index < -0.39 is 0 Å². The maximum absolute atomic E-state index is 12.2. The van der Waals surface area contributed by atoms with Gasteiger partial charge in [0.15, 0.2) is 5.78 Å². The van der Waals surface area contributed by atoms with Crippen LogP contribution >= 0.6 is 0 Å². The average Bonchev–Trinajstić information content (AvgIpc) is 2.34. The molecule has 0 aromatic rings. The fourth-order valence-electron chi connectivity index (χ4n) is 5.12. The molecule has 0 spiro atoms. The molecule has 1 atom stereocenters. The molecule has 4 heteroatoms. The van der Waals surface area contributed by atoms with Crippen LogP contribution in [0.4, 0.5) is 4.79 Å². The Balaban J connectivity index is 1.60. The summed E-state index contributed by atoms with van der Waals surface area (Å²) in [6.45, 7) is 3.60. The van der Waals surface area contributed by atoms with Gasteiger partial charge in [0.05, 0.1) is 6.04 Å². The van der Waals surface area contributed by atoms with Crippen LogP contribution in [0.25, 0.3) is 0 Å². The van der Waals surface area contributed by atoms with Crippen LogP contribution in [-0.4, -0.2) is 23.4 Å². The molecular formula is C16H26N2O2. The number of nitrogens with one attached hydrogen (secondary N) is 2. The summed E-state index contributed by atoms with van der Waals surface area (Å²) in [5.41, 5.74) is 0.0216. The van der Waals surface area contributed by atoms with Crippen molar-refractivity contribution in [1.82, 2.24) is 10.6 Å². The normalized spacial score (nSPS) is 39.4. The molecule has 1 unspecified atom stereocenters. The van der Waals surface area contributed by atoms with Crippen molar-refractivity contribution in [3.63, 3.8) is 0 Å². The molecule has 4 nitrogen and oxygen atoms in total. The van der Waals surface area contributed by atoms with Gasteiger partial charge in [0.1, 0.15) is 0 Å². The molecule has 20 heavy (non-hydrogen) atoms. The number of carbonyl (C=O) groups excluding carboxylic acids is 2. The second-order valence-electron chi connectivity index (χ2n) is 7.34. The summed E-state index contributed by atoms with van der Waals surface area (Å²) < 4.78 is 0. The second kappa shape index (κ2) is 5.05. The molecule has 0 radical (unpaired) electrons. The second-order valence-corrected chi connectivity index (χ2v) is 7.34. The third kappa shape index (κ3) is 2.57. The van der Waals surface area contributed by atoms with E-state index in [1.807, 2.05) is 6.92 Å². The van der Waals surface area contributed by atoms with E-state index >= 15 is 0 Å². The van der Waals surface area contributed by atoms with Crippen LogP contribution in [-0.2, 0) is 4.79 Å². The van der Waals surface area contributed by atoms with E-state index in [9.17, 15) is 9.59 Å². The van der Waals surface area contributed by atoms with Gasteiger partial charge in [-0.05, 0) is 63.2 Å². The molecule has 0 saturated heterocycles. The Hall–Kier alpha value is -1.06. The number of hydrogen-bond acceptors (Lipinski definition) is 2. The van der Waals surface area contributed by atoms with Crippen molar-refractivity contribution in [2.75, 3.05) is 0 Å². The van der Waals surface area contributed by atoms with Gasteiger partial charge in [0, 0.05) is 12.0 Å². The van der Waals surface area contributed by atoms with Crippen LogP contribution in [0.1, 0.15) is 58.8 Å². The number of Topliss-reactive ketones (excluding diaryl/α,β-unsaturated/α-hetero) is 1. The lowest BCUT2D eigenvalue weighted by Crippen LogP contribution is -2.62. The largest absolute Gasteiger partial charge is 0.333 e. The number of carbonyl (C=O) groups is 2. The van der Waals surface area contributed by atoms with Crippen molar-refractivity contribution >= 4 is 11.8 Å². The minimum Gasteiger partial charge on any atom is -0.333 e. The highest BCUT2D eigenvalue weighted by molar-refractivity contribution is 5.88. The average molecular weight is 278 g/mol. The topological polar surface area (TPSA) is 58.2 Å². The van der Waals surface area contributed by atoms with Crippen molar-refractivity contribution in [1.29, 1.82) is 0 Å². The van der Waals surface area contributed by atoms with Gasteiger partial charge in [-0.3, -0.25) is 4.79 Å². The molecule has 4 rings (SSSR count). The van der Waals surface area contributed by atoms with Gasteiger partial charge < -0.3 is 10.6 Å². The van der Waals surface area contributed by atoms with E-state index in [0.29, 0.717) is 6.42 Å². The quantitative estimate of drug-likeness (QED) is 0.830. The van der Waals surface area contributed by atoms with E-state index in [-0.39, 0.29) is 23.4 Å². The molecule has 0 aliphatic heterocycles. The van der Waals surface area contributed by atoms with Crippen LogP contribution in [0.2, 0.25) is 0 Å². The van der Waals surface area contributed by atoms with Gasteiger partial charge in [0.2, 0.25) is 0 Å². The van der Waals surface area contributed by atoms with Gasteiger partial charge in [-0.1, -0.05) is 6.92 Å². The first-order valence-electron chi connectivity index (χ1n) is 8.11. The zero-order valence-corrected chi connectivity index (χ0v) is 12.6. The first-order valence-corrected chi connectivity index (χ1v) is 8.11. The van der Waals surface area contributed by atoms with Crippen LogP contribution in [0, 0.1) is 17.8 Å². The van der Waals surface area contributed by atoms with E-state index in [1.165, 1.54) is 19.3 Å². The molecule has 112 valence electrons. The minimum atomic E-state index is -0.381. The van der Waals surface area contributed by atoms with E-state index in [0.717, 1.165) is 37.0 Å². The lowest BCUT2D eigenvalue weighted by molar-refractivity contribution is -0.120. The fraction of sp³-hybridized carbons (Fsp3) is 0.875. The predicted molar refractivity (Wildman–Crippen MR) is 77.3 cm³/mol. The molecule has 4 fully saturated rings. The lowest BCUT2D eigenvalue weighted by Gasteiger charge is -2.56. The highest BCUT2D eigenvalue weighted by Crippen LogP contribution is 2.55. The Kier molecular flexibility index (Phi) is 3.51. The summed E-state index contributed by atoms with van der Waals surface area (Å²) in [5.74, 6) is 2.54. The maximum Gasteiger partial charge on any atom is 0.315 e. The first kappa shape index (κ1) is 13.9. The standard InChI is InChI=1S/C16H26N2O2/c1-3-14(19)10(2)17-15(20)18-16-7-11-4-12(8-16)6-13(5-11)9-16/h10-13H,3-9H2,1-2H3,(H2,17,18,20). The third-order valence-corrected chi connectivity index (χ3v) is 5.60. The first-order chi connectivity index (χ1) is 9.49. The minimum absolute atomic E-state index is 0.0216. The maximum atomic E-state index is 12.2. The van der Waals surface area contributed by atoms with Gasteiger partial charge in [0.25, 0.3) is 0 Å². The highest BCUT2D eigenvalue weighted by Gasteiger charge is 2.51. The van der Waals surface area contributed by atoms with Crippen LogP contribution < -0.4 is 10.6 Å². The zero-order chi connectivity index (χ0) is 14.3. The van der Waals surface area contributed by atoms with Crippen LogP contribution in [0.15, 0.2) is 0 Å². The summed E-state index contributed by atoms with van der Waals surface area (Å²) in [5, 5.41) is 6.04. The van der Waals surface area contributed by atoms with Crippen LogP contribution in [0.5, 0.6) is 0 Å². The smallest absolute Gasteiger partial charge is 0.315 e. The number of urea groups is 1. The van der Waals surface area contributed by atoms with Crippen molar-refractivity contribution in [3.8, 4) is 0 Å². The fourth-order valence-corrected chi connectivity index (χ4v) is 5.12. The van der Waals surface area contributed by atoms with Crippen molar-refractivity contribution in [3.05, 3.63) is 0 Å². The Bertz CT molecular complexity index is 383. The van der Waals surface area contributed by atoms with E-state index in [2.05, 4.69) is 10.6 Å². The molecule has 0 aromatic carbocycles. The van der Waals surface area contributed by atoms with Crippen molar-refractivity contribution < 1.29 is 9.59 Å². The predicted octanol–water partition coefficient (Wildman–Crippen LogP) is 2.62. The molecular weight excluding hydrogens is 252 g/mol. The van der Waals surface area contributed by atoms with Crippen LogP contribution in [0.3, 0.4) is 0 Å². The Labute approximate surface area is 121 Å². The lowest BCUT2D eigenvalue weighted by atomic mass is 9.53. The Morgan fingerprint density at radius 2 is 1.60 bits per heavy atom. The molecule has 0 aromatic heterocycles. The molecule has 4 bridgehead atoms.